The molecule has 8 rings (SSSR count). The number of hydrogen-bond acceptors (Lipinski definition) is 4. The largest absolute Gasteiger partial charge is 0.481 e. The lowest BCUT2D eigenvalue weighted by Gasteiger charge is -2.72. The zero-order chi connectivity index (χ0) is 33.9. The first kappa shape index (κ1) is 33.7. The average Bonchev–Trinajstić information content (AvgIpc) is 3.76. The van der Waals surface area contributed by atoms with Gasteiger partial charge >= 0.3 is 5.97 Å². The van der Waals surface area contributed by atoms with Crippen molar-refractivity contribution in [3.05, 3.63) is 35.5 Å². The van der Waals surface area contributed by atoms with E-state index in [4.69, 9.17) is 4.74 Å². The van der Waals surface area contributed by atoms with Crippen molar-refractivity contribution in [1.82, 2.24) is 10.2 Å². The van der Waals surface area contributed by atoms with Crippen LogP contribution in [0, 0.1) is 57.2 Å². The maximum absolute atomic E-state index is 11.7. The summed E-state index contributed by atoms with van der Waals surface area (Å²) in [4.78, 5) is 14.4. The molecule has 0 aromatic heterocycles. The molecule has 2 N–H and O–H groups in total. The number of ether oxygens (including phenoxy) is 1. The monoisotopic (exact) mass is 659 g/mol. The molecule has 0 amide bonds. The van der Waals surface area contributed by atoms with Crippen molar-refractivity contribution in [3.8, 4) is 0 Å². The second kappa shape index (κ2) is 11.5. The topological polar surface area (TPSA) is 61.8 Å². The molecular formula is C43H66N2O3. The lowest BCUT2D eigenvalue weighted by molar-refractivity contribution is -0.221. The van der Waals surface area contributed by atoms with Crippen LogP contribution < -0.4 is 5.32 Å². The molecule has 2 unspecified atom stereocenters. The van der Waals surface area contributed by atoms with Gasteiger partial charge < -0.3 is 15.2 Å². The van der Waals surface area contributed by atoms with E-state index in [0.717, 1.165) is 44.4 Å². The second-order valence-electron chi connectivity index (χ2n) is 19.7. The third kappa shape index (κ3) is 4.74. The Balaban J connectivity index is 1.05. The van der Waals surface area contributed by atoms with Gasteiger partial charge in [-0.25, -0.2) is 0 Å². The number of nitrogens with one attached hydrogen (secondary N) is 1. The van der Waals surface area contributed by atoms with Gasteiger partial charge in [0.05, 0.1) is 18.6 Å². The summed E-state index contributed by atoms with van der Waals surface area (Å²) in [5, 5.41) is 14.0. The third-order valence-electron chi connectivity index (χ3n) is 17.6. The summed E-state index contributed by atoms with van der Waals surface area (Å²) in [6.45, 7) is 24.6. The van der Waals surface area contributed by atoms with E-state index in [9.17, 15) is 9.90 Å². The van der Waals surface area contributed by atoms with Crippen molar-refractivity contribution < 1.29 is 14.6 Å². The summed E-state index contributed by atoms with van der Waals surface area (Å²) in [5.74, 6) is 2.70. The molecule has 0 aromatic carbocycles. The number of rotatable bonds is 7. The molecule has 6 aliphatic carbocycles. The van der Waals surface area contributed by atoms with Crippen molar-refractivity contribution in [2.24, 2.45) is 57.2 Å². The van der Waals surface area contributed by atoms with E-state index < -0.39 is 5.97 Å². The Morgan fingerprint density at radius 3 is 2.48 bits per heavy atom. The van der Waals surface area contributed by atoms with Gasteiger partial charge in [-0.1, -0.05) is 58.9 Å². The Morgan fingerprint density at radius 2 is 1.81 bits per heavy atom. The van der Waals surface area contributed by atoms with Crippen molar-refractivity contribution in [2.45, 2.75) is 143 Å². The molecule has 8 aliphatic rings. The van der Waals surface area contributed by atoms with Crippen LogP contribution in [0.2, 0.25) is 0 Å². The Hall–Kier alpha value is -1.43. The van der Waals surface area contributed by atoms with Gasteiger partial charge in [-0.05, 0) is 153 Å². The summed E-state index contributed by atoms with van der Waals surface area (Å²) < 4.78 is 5.91. The summed E-state index contributed by atoms with van der Waals surface area (Å²) in [7, 11) is 0. The van der Waals surface area contributed by atoms with Crippen LogP contribution in [0.4, 0.5) is 0 Å². The van der Waals surface area contributed by atoms with E-state index in [0.29, 0.717) is 52.6 Å². The molecule has 5 nitrogen and oxygen atoms in total. The van der Waals surface area contributed by atoms with Gasteiger partial charge in [-0.15, -0.1) is 0 Å². The van der Waals surface area contributed by atoms with Crippen LogP contribution in [-0.4, -0.2) is 59.9 Å². The van der Waals surface area contributed by atoms with Crippen LogP contribution in [0.3, 0.4) is 0 Å². The van der Waals surface area contributed by atoms with Crippen LogP contribution in [0.1, 0.15) is 125 Å². The van der Waals surface area contributed by atoms with Crippen molar-refractivity contribution in [1.29, 1.82) is 0 Å². The third-order valence-corrected chi connectivity index (χ3v) is 17.6. The van der Waals surface area contributed by atoms with Crippen molar-refractivity contribution in [2.75, 3.05) is 26.2 Å². The zero-order valence-corrected chi connectivity index (χ0v) is 31.2. The van der Waals surface area contributed by atoms with Crippen LogP contribution >= 0.6 is 0 Å². The molecule has 0 radical (unpaired) electrons. The standard InChI is InChI=1S/C43H66N2O3/c1-27(2)32-14-19-43(44-22-23-45-25-31-24-30(45)26-48-31)21-20-41(6)34(37(32)43)12-13-36-40(5)17-15-33(28-8-10-29(11-9-28)38(46)47)39(3,4)35(40)16-18-42(36,41)7/h8,15,29-32,34-37,44H,1,9-14,16-26H2,2-7H3,(H,46,47)/t29?,30?,31-,32-,34+,35-,36+,37+,40-,41+,42+,43-/m0/s1. The summed E-state index contributed by atoms with van der Waals surface area (Å²) in [6, 6.07) is 0.651. The summed E-state index contributed by atoms with van der Waals surface area (Å²) in [6.07, 6.45) is 21.0. The first-order valence-electron chi connectivity index (χ1n) is 20.1. The second-order valence-corrected chi connectivity index (χ2v) is 19.7. The average molecular weight is 659 g/mol. The lowest BCUT2D eigenvalue weighted by Crippen LogP contribution is -2.68. The number of nitrogens with zero attached hydrogens (tertiary/aromatic N) is 1. The smallest absolute Gasteiger partial charge is 0.306 e. The van der Waals surface area contributed by atoms with E-state index in [1.165, 1.54) is 81.9 Å². The van der Waals surface area contributed by atoms with Gasteiger partial charge in [0.1, 0.15) is 0 Å². The van der Waals surface area contributed by atoms with Gasteiger partial charge in [0.15, 0.2) is 0 Å². The number of morpholine rings is 1. The molecule has 6 fully saturated rings. The van der Waals surface area contributed by atoms with Crippen LogP contribution in [0.5, 0.6) is 0 Å². The van der Waals surface area contributed by atoms with Gasteiger partial charge in [0.2, 0.25) is 0 Å². The molecule has 0 spiro atoms. The van der Waals surface area contributed by atoms with Gasteiger partial charge in [-0.3, -0.25) is 9.69 Å². The first-order valence-corrected chi connectivity index (χ1v) is 20.1. The molecule has 2 saturated heterocycles. The Bertz CT molecular complexity index is 1400. The number of likely N-dealkylation sites (tertiary alicyclic amines) is 1. The molecule has 2 aliphatic heterocycles. The Kier molecular flexibility index (Phi) is 8.10. The number of fused-ring (bicyclic) bond motifs is 9. The summed E-state index contributed by atoms with van der Waals surface area (Å²) >= 11 is 0. The van der Waals surface area contributed by atoms with Crippen LogP contribution in [-0.2, 0) is 9.53 Å². The quantitative estimate of drug-likeness (QED) is 0.268. The van der Waals surface area contributed by atoms with Crippen LogP contribution in [0.15, 0.2) is 35.5 Å². The lowest BCUT2D eigenvalue weighted by atomic mass is 9.33. The van der Waals surface area contributed by atoms with E-state index in [-0.39, 0.29) is 16.9 Å². The highest BCUT2D eigenvalue weighted by Gasteiger charge is 2.70. The van der Waals surface area contributed by atoms with Gasteiger partial charge in [-0.2, -0.15) is 0 Å². The van der Waals surface area contributed by atoms with Gasteiger partial charge in [0.25, 0.3) is 0 Å². The summed E-state index contributed by atoms with van der Waals surface area (Å²) in [5.41, 5.74) is 5.85. The molecule has 2 bridgehead atoms. The SMILES string of the molecule is C=C(C)[C@@H]1CC[C@]2(NCCN3C[C@@H]4CC3CO4)CC[C@]3(C)[C@H](CC[C@@H]4[C@@]5(C)CC=C(C6=CCC(C(=O)O)CC6)C(C)(C)[C@@H]5CC[C@]43C)[C@@H]12. The van der Waals surface area contributed by atoms with Crippen molar-refractivity contribution in [3.63, 3.8) is 0 Å². The Labute approximate surface area is 291 Å². The van der Waals surface area contributed by atoms with E-state index in [1.807, 2.05) is 0 Å². The molecule has 48 heavy (non-hydrogen) atoms. The number of carboxylic acids is 1. The minimum absolute atomic E-state index is 0.122. The Morgan fingerprint density at radius 1 is 1.00 bits per heavy atom. The molecular weight excluding hydrogens is 592 g/mol. The first-order chi connectivity index (χ1) is 22.7. The minimum Gasteiger partial charge on any atom is -0.481 e. The highest BCUT2D eigenvalue weighted by atomic mass is 16.5. The molecule has 5 heteroatoms. The number of carbonyl (C=O) groups is 1. The molecule has 266 valence electrons. The van der Waals surface area contributed by atoms with E-state index in [1.54, 1.807) is 5.57 Å². The fraction of sp³-hybridized carbons (Fsp3) is 0.837. The number of carboxylic acid groups (broad SMARTS) is 1. The van der Waals surface area contributed by atoms with E-state index in [2.05, 4.69) is 70.5 Å². The molecule has 12 atom stereocenters. The fourth-order valence-electron chi connectivity index (χ4n) is 15.1. The highest BCUT2D eigenvalue weighted by Crippen LogP contribution is 2.76. The molecule has 0 aromatic rings. The van der Waals surface area contributed by atoms with Crippen molar-refractivity contribution >= 4 is 5.97 Å². The predicted molar refractivity (Wildman–Crippen MR) is 194 cm³/mol. The maximum atomic E-state index is 11.7. The normalized spacial score (nSPS) is 49.3. The minimum atomic E-state index is -0.627. The number of hydrogen-bond donors (Lipinski definition) is 2. The van der Waals surface area contributed by atoms with Gasteiger partial charge in [0, 0.05) is 31.2 Å². The number of aliphatic carboxylic acids is 1. The molecule has 2 heterocycles. The number of allylic oxidation sites excluding steroid dienone is 5. The maximum Gasteiger partial charge on any atom is 0.306 e. The molecule has 4 saturated carbocycles. The fourth-order valence-corrected chi connectivity index (χ4v) is 15.1. The zero-order valence-electron chi connectivity index (χ0n) is 31.2. The highest BCUT2D eigenvalue weighted by molar-refractivity contribution is 5.70. The predicted octanol–water partition coefficient (Wildman–Crippen LogP) is 8.81. The van der Waals surface area contributed by atoms with E-state index >= 15 is 0 Å². The van der Waals surface area contributed by atoms with Crippen LogP contribution in [0.25, 0.3) is 0 Å².